The third kappa shape index (κ3) is 8.56. The lowest BCUT2D eigenvalue weighted by Crippen LogP contribution is -2.42. The summed E-state index contributed by atoms with van der Waals surface area (Å²) in [5.74, 6) is -2.93. The molecule has 4 rings (SSSR count). The predicted molar refractivity (Wildman–Crippen MR) is 172 cm³/mol. The Morgan fingerprint density at radius 2 is 1.65 bits per heavy atom. The molecular weight excluding hydrogens is 601 g/mol. The molecule has 0 radical (unpaired) electrons. The SMILES string of the molecule is CCN(c1cc(-c2cnn(C)c2C)cc(C(=O)NCc2c(C)cc(C)[nH]c2=O)c1C)C1CCC(N(C)C)CC1.O=C(O)C(F)(F)F. The van der Waals surface area contributed by atoms with E-state index in [1.807, 2.05) is 57.8 Å². The van der Waals surface area contributed by atoms with E-state index >= 15 is 0 Å². The van der Waals surface area contributed by atoms with Crippen LogP contribution in [0.5, 0.6) is 0 Å². The molecule has 1 saturated carbocycles. The van der Waals surface area contributed by atoms with Gasteiger partial charge >= 0.3 is 12.1 Å². The van der Waals surface area contributed by atoms with Crippen molar-refractivity contribution in [3.05, 3.63) is 68.4 Å². The van der Waals surface area contributed by atoms with Crippen molar-refractivity contribution in [2.45, 2.75) is 85.1 Å². The highest BCUT2D eigenvalue weighted by Gasteiger charge is 2.38. The molecule has 2 heterocycles. The first-order valence-electron chi connectivity index (χ1n) is 15.3. The van der Waals surface area contributed by atoms with Crippen LogP contribution in [0.2, 0.25) is 0 Å². The van der Waals surface area contributed by atoms with E-state index in [-0.39, 0.29) is 18.0 Å². The first kappa shape index (κ1) is 36.3. The van der Waals surface area contributed by atoms with Crippen molar-refractivity contribution in [1.82, 2.24) is 25.0 Å². The topological polar surface area (TPSA) is 124 Å². The molecule has 1 aromatic carbocycles. The number of rotatable bonds is 8. The van der Waals surface area contributed by atoms with E-state index in [1.165, 1.54) is 12.8 Å². The van der Waals surface area contributed by atoms with Crippen LogP contribution in [0.15, 0.2) is 29.2 Å². The highest BCUT2D eigenvalue weighted by molar-refractivity contribution is 5.99. The van der Waals surface area contributed by atoms with E-state index in [9.17, 15) is 22.8 Å². The quantitative estimate of drug-likeness (QED) is 0.305. The molecule has 252 valence electrons. The number of pyridine rings is 1. The number of nitrogens with one attached hydrogen (secondary N) is 2. The molecule has 0 saturated heterocycles. The number of anilines is 1. The first-order valence-corrected chi connectivity index (χ1v) is 15.3. The summed E-state index contributed by atoms with van der Waals surface area (Å²) in [6.45, 7) is 11.1. The zero-order valence-corrected chi connectivity index (χ0v) is 27.8. The van der Waals surface area contributed by atoms with Gasteiger partial charge in [0, 0.05) is 66.0 Å². The van der Waals surface area contributed by atoms with Gasteiger partial charge in [0.2, 0.25) is 0 Å². The third-order valence-electron chi connectivity index (χ3n) is 8.82. The summed E-state index contributed by atoms with van der Waals surface area (Å²) in [4.78, 5) is 42.8. The van der Waals surface area contributed by atoms with Crippen molar-refractivity contribution >= 4 is 17.6 Å². The van der Waals surface area contributed by atoms with Crippen molar-refractivity contribution in [1.29, 1.82) is 0 Å². The van der Waals surface area contributed by atoms with Gasteiger partial charge < -0.3 is 25.2 Å². The Morgan fingerprint density at radius 1 is 1.07 bits per heavy atom. The van der Waals surface area contributed by atoms with Crippen molar-refractivity contribution in [2.24, 2.45) is 7.05 Å². The number of aryl methyl sites for hydroxylation is 3. The standard InChI is InChI=1S/C31H44N6O2.C2HF3O2/c1-9-37(25-12-10-24(11-13-25)35(6)7)29-16-23(28-18-33-36(8)22(28)5)15-26(21(29)4)30(38)32-17-27-19(2)14-20(3)34-31(27)39;3-2(4,5)1(6)7/h14-16,18,24-25H,9-13,17H2,1-8H3,(H,32,38)(H,34,39);(H,6,7). The Hall–Kier alpha value is -4.13. The zero-order chi connectivity index (χ0) is 34.5. The van der Waals surface area contributed by atoms with Gasteiger partial charge in [-0.05, 0) is 109 Å². The molecule has 0 aliphatic heterocycles. The number of carbonyl (C=O) groups is 2. The van der Waals surface area contributed by atoms with Gasteiger partial charge in [-0.25, -0.2) is 4.79 Å². The number of aromatic amines is 1. The van der Waals surface area contributed by atoms with Crippen molar-refractivity contribution in [3.63, 3.8) is 0 Å². The molecule has 3 aromatic rings. The number of hydrogen-bond acceptors (Lipinski definition) is 6. The lowest BCUT2D eigenvalue weighted by Gasteiger charge is -2.40. The number of aromatic nitrogens is 3. The number of amides is 1. The number of carbonyl (C=O) groups excluding carboxylic acids is 1. The Morgan fingerprint density at radius 3 is 2.13 bits per heavy atom. The van der Waals surface area contributed by atoms with Crippen molar-refractivity contribution < 1.29 is 27.9 Å². The average molecular weight is 647 g/mol. The van der Waals surface area contributed by atoms with Gasteiger partial charge in [0.05, 0.1) is 6.20 Å². The molecule has 1 aliphatic carbocycles. The van der Waals surface area contributed by atoms with Crippen LogP contribution in [0.1, 0.15) is 71.0 Å². The lowest BCUT2D eigenvalue weighted by atomic mass is 9.88. The number of carboxylic acid groups (broad SMARTS) is 1. The predicted octanol–water partition coefficient (Wildman–Crippen LogP) is 5.27. The van der Waals surface area contributed by atoms with Crippen LogP contribution in [-0.2, 0) is 18.4 Å². The van der Waals surface area contributed by atoms with Crippen LogP contribution < -0.4 is 15.8 Å². The molecule has 0 spiro atoms. The first-order chi connectivity index (χ1) is 21.5. The maximum Gasteiger partial charge on any atom is 0.490 e. The Kier molecular flexibility index (Phi) is 11.8. The van der Waals surface area contributed by atoms with E-state index in [2.05, 4.69) is 52.3 Å². The number of aliphatic carboxylic acids is 1. The summed E-state index contributed by atoms with van der Waals surface area (Å²) in [7, 11) is 6.27. The van der Waals surface area contributed by atoms with Gasteiger partial charge in [0.25, 0.3) is 11.5 Å². The largest absolute Gasteiger partial charge is 0.490 e. The molecule has 46 heavy (non-hydrogen) atoms. The minimum absolute atomic E-state index is 0.157. The highest BCUT2D eigenvalue weighted by Crippen LogP contribution is 2.36. The summed E-state index contributed by atoms with van der Waals surface area (Å²) < 4.78 is 33.6. The summed E-state index contributed by atoms with van der Waals surface area (Å²) >= 11 is 0. The molecule has 10 nitrogen and oxygen atoms in total. The smallest absolute Gasteiger partial charge is 0.475 e. The van der Waals surface area contributed by atoms with E-state index in [0.717, 1.165) is 58.7 Å². The Bertz CT molecular complexity index is 1600. The molecule has 13 heteroatoms. The average Bonchev–Trinajstić information content (AvgIpc) is 3.31. The fourth-order valence-corrected chi connectivity index (χ4v) is 6.05. The summed E-state index contributed by atoms with van der Waals surface area (Å²) in [5.41, 5.74) is 7.85. The van der Waals surface area contributed by atoms with E-state index in [4.69, 9.17) is 9.90 Å². The van der Waals surface area contributed by atoms with E-state index < -0.39 is 12.1 Å². The van der Waals surface area contributed by atoms with Gasteiger partial charge in [-0.1, -0.05) is 0 Å². The van der Waals surface area contributed by atoms with Gasteiger partial charge in [0.1, 0.15) is 0 Å². The van der Waals surface area contributed by atoms with Crippen molar-refractivity contribution in [3.8, 4) is 11.1 Å². The number of carboxylic acids is 1. The normalized spacial score (nSPS) is 16.5. The second-order valence-electron chi connectivity index (χ2n) is 12.1. The van der Waals surface area contributed by atoms with Crippen LogP contribution in [0.4, 0.5) is 18.9 Å². The monoisotopic (exact) mass is 646 g/mol. The number of hydrogen-bond donors (Lipinski definition) is 3. The highest BCUT2D eigenvalue weighted by atomic mass is 19.4. The van der Waals surface area contributed by atoms with Crippen LogP contribution >= 0.6 is 0 Å². The number of nitrogens with zero attached hydrogens (tertiary/aromatic N) is 4. The van der Waals surface area contributed by atoms with Gasteiger partial charge in [-0.2, -0.15) is 18.3 Å². The molecule has 0 unspecified atom stereocenters. The lowest BCUT2D eigenvalue weighted by molar-refractivity contribution is -0.192. The van der Waals surface area contributed by atoms with Crippen LogP contribution in [0, 0.1) is 27.7 Å². The number of H-pyrrole nitrogens is 1. The summed E-state index contributed by atoms with van der Waals surface area (Å²) in [6.07, 6.45) is 1.39. The van der Waals surface area contributed by atoms with Crippen molar-refractivity contribution in [2.75, 3.05) is 25.5 Å². The molecule has 1 amide bonds. The molecule has 0 atom stereocenters. The maximum atomic E-state index is 13.7. The number of halogens is 3. The molecule has 1 fully saturated rings. The fourth-order valence-electron chi connectivity index (χ4n) is 6.05. The number of alkyl halides is 3. The fraction of sp³-hybridized carbons (Fsp3) is 0.515. The summed E-state index contributed by atoms with van der Waals surface area (Å²) in [5, 5.41) is 14.6. The van der Waals surface area contributed by atoms with Gasteiger partial charge in [-0.3, -0.25) is 14.3 Å². The van der Waals surface area contributed by atoms with Gasteiger partial charge in [-0.15, -0.1) is 0 Å². The second kappa shape index (κ2) is 15.0. The molecular formula is C33H45F3N6O4. The minimum atomic E-state index is -5.08. The maximum absolute atomic E-state index is 13.7. The minimum Gasteiger partial charge on any atom is -0.475 e. The second-order valence-corrected chi connectivity index (χ2v) is 12.1. The number of benzene rings is 1. The Balaban J connectivity index is 0.000000738. The van der Waals surface area contributed by atoms with Gasteiger partial charge in [0.15, 0.2) is 0 Å². The summed E-state index contributed by atoms with van der Waals surface area (Å²) in [6, 6.07) is 7.19. The van der Waals surface area contributed by atoms with Crippen LogP contribution in [0.25, 0.3) is 11.1 Å². The molecule has 3 N–H and O–H groups in total. The van der Waals surface area contributed by atoms with E-state index in [0.29, 0.717) is 23.2 Å². The zero-order valence-electron chi connectivity index (χ0n) is 27.8. The van der Waals surface area contributed by atoms with Crippen LogP contribution in [0.3, 0.4) is 0 Å². The molecule has 2 aromatic heterocycles. The molecule has 1 aliphatic rings. The van der Waals surface area contributed by atoms with Crippen LogP contribution in [-0.4, -0.2) is 75.5 Å². The Labute approximate surface area is 267 Å². The van der Waals surface area contributed by atoms with E-state index in [1.54, 1.807) is 0 Å². The molecule has 0 bridgehead atoms. The third-order valence-corrected chi connectivity index (χ3v) is 8.82.